The number of likely N-dealkylation sites (tertiary alicyclic amines) is 1. The molecule has 0 unspecified atom stereocenters. The number of aromatic nitrogens is 1. The lowest BCUT2D eigenvalue weighted by Crippen LogP contribution is -2.60. The second-order valence-corrected chi connectivity index (χ2v) is 13.2. The molecule has 3 amide bonds. The number of carboxylic acid groups (broad SMARTS) is 1. The van der Waals surface area contributed by atoms with Crippen LogP contribution in [0, 0.1) is 5.92 Å². The fraction of sp³-hybridized carbons (Fsp3) is 0.600. The summed E-state index contributed by atoms with van der Waals surface area (Å²) in [7, 11) is 0. The Morgan fingerprint density at radius 3 is 2.48 bits per heavy atom. The molecule has 1 aromatic carbocycles. The highest BCUT2D eigenvalue weighted by atomic mass is 32.1. The Morgan fingerprint density at radius 2 is 1.88 bits per heavy atom. The Morgan fingerprint density at radius 1 is 1.17 bits per heavy atom. The lowest BCUT2D eigenvalue weighted by molar-refractivity contribution is -0.134. The SMILES string of the molecule is CC(C)[C@H](NC(=O)O)C(=O)N[C@@H](Cc1ccccc1)[C@@H](O)CN1CC[C@@H](OCc2cncs2)C[C@H]1C(=O)NC(C)(C)C. The number of nitrogens with zero attached hydrogens (tertiary/aromatic N) is 2. The van der Waals surface area contributed by atoms with E-state index in [4.69, 9.17) is 4.74 Å². The Hall–Kier alpha value is -3.06. The van der Waals surface area contributed by atoms with Crippen LogP contribution in [0.2, 0.25) is 0 Å². The summed E-state index contributed by atoms with van der Waals surface area (Å²) in [5.41, 5.74) is 2.23. The Kier molecular flexibility index (Phi) is 12.3. The highest BCUT2D eigenvalue weighted by molar-refractivity contribution is 7.09. The van der Waals surface area contributed by atoms with Gasteiger partial charge in [-0.2, -0.15) is 0 Å². The van der Waals surface area contributed by atoms with Gasteiger partial charge in [0.05, 0.1) is 41.3 Å². The Labute approximate surface area is 252 Å². The highest BCUT2D eigenvalue weighted by Gasteiger charge is 2.38. The van der Waals surface area contributed by atoms with Crippen molar-refractivity contribution in [1.29, 1.82) is 0 Å². The van der Waals surface area contributed by atoms with Crippen LogP contribution in [0.25, 0.3) is 0 Å². The summed E-state index contributed by atoms with van der Waals surface area (Å²) in [6, 6.07) is 7.23. The smallest absolute Gasteiger partial charge is 0.405 e. The van der Waals surface area contributed by atoms with E-state index in [1.807, 2.05) is 56.0 Å². The molecule has 3 rings (SSSR count). The van der Waals surface area contributed by atoms with Gasteiger partial charge in [0.15, 0.2) is 0 Å². The van der Waals surface area contributed by atoms with Gasteiger partial charge < -0.3 is 30.9 Å². The van der Waals surface area contributed by atoms with Crippen molar-refractivity contribution in [3.63, 3.8) is 0 Å². The van der Waals surface area contributed by atoms with Gasteiger partial charge in [0.25, 0.3) is 0 Å². The number of hydrogen-bond donors (Lipinski definition) is 5. The molecule has 2 heterocycles. The molecule has 42 heavy (non-hydrogen) atoms. The third-order valence-electron chi connectivity index (χ3n) is 7.15. The van der Waals surface area contributed by atoms with E-state index in [0.717, 1.165) is 10.4 Å². The van der Waals surface area contributed by atoms with Gasteiger partial charge in [-0.1, -0.05) is 44.2 Å². The van der Waals surface area contributed by atoms with Gasteiger partial charge in [0, 0.05) is 24.8 Å². The number of ether oxygens (including phenoxy) is 1. The van der Waals surface area contributed by atoms with Crippen molar-refractivity contribution in [2.75, 3.05) is 13.1 Å². The van der Waals surface area contributed by atoms with Gasteiger partial charge >= 0.3 is 6.09 Å². The Balaban J connectivity index is 1.77. The molecular formula is C30H45N5O6S. The molecule has 232 valence electrons. The van der Waals surface area contributed by atoms with Crippen LogP contribution in [0.15, 0.2) is 42.0 Å². The number of amides is 3. The number of benzene rings is 1. The summed E-state index contributed by atoms with van der Waals surface area (Å²) >= 11 is 1.52. The van der Waals surface area contributed by atoms with E-state index < -0.39 is 41.8 Å². The van der Waals surface area contributed by atoms with Crippen molar-refractivity contribution in [3.05, 3.63) is 52.5 Å². The van der Waals surface area contributed by atoms with Gasteiger partial charge in [-0.3, -0.25) is 19.5 Å². The van der Waals surface area contributed by atoms with Crippen LogP contribution in [0.1, 0.15) is 57.9 Å². The largest absolute Gasteiger partial charge is 0.465 e. The zero-order valence-electron chi connectivity index (χ0n) is 25.1. The standard InChI is InChI=1S/C30H45N5O6S/c1-19(2)26(33-29(39)40)28(38)32-23(13-20-9-7-6-8-10-20)25(36)16-35-12-11-21(41-17-22-15-31-18-42-22)14-24(35)27(37)34-30(3,4)5/h6-10,15,18-19,21,23-26,33,36H,11-14,16-17H2,1-5H3,(H,32,38)(H,34,37)(H,39,40)/t21-,23+,24+,25+,26+/m1/s1. The van der Waals surface area contributed by atoms with Crippen LogP contribution in [-0.2, 0) is 27.4 Å². The zero-order valence-corrected chi connectivity index (χ0v) is 25.9. The number of hydrogen-bond acceptors (Lipinski definition) is 8. The van der Waals surface area contributed by atoms with E-state index in [9.17, 15) is 24.6 Å². The van der Waals surface area contributed by atoms with E-state index in [1.54, 1.807) is 25.6 Å². The topological polar surface area (TPSA) is 153 Å². The fourth-order valence-electron chi connectivity index (χ4n) is 5.05. The van der Waals surface area contributed by atoms with E-state index in [2.05, 4.69) is 20.9 Å². The molecule has 12 heteroatoms. The predicted molar refractivity (Wildman–Crippen MR) is 161 cm³/mol. The number of rotatable bonds is 13. The summed E-state index contributed by atoms with van der Waals surface area (Å²) in [4.78, 5) is 45.1. The summed E-state index contributed by atoms with van der Waals surface area (Å²) in [6.45, 7) is 10.4. The van der Waals surface area contributed by atoms with Crippen molar-refractivity contribution in [3.8, 4) is 0 Å². The number of carbonyl (C=O) groups excluding carboxylic acids is 2. The predicted octanol–water partition coefficient (Wildman–Crippen LogP) is 2.79. The zero-order chi connectivity index (χ0) is 30.9. The van der Waals surface area contributed by atoms with Gasteiger partial charge in [0.2, 0.25) is 11.8 Å². The van der Waals surface area contributed by atoms with Crippen LogP contribution in [0.5, 0.6) is 0 Å². The molecule has 11 nitrogen and oxygen atoms in total. The van der Waals surface area contributed by atoms with Crippen LogP contribution in [0.4, 0.5) is 4.79 Å². The van der Waals surface area contributed by atoms with Gasteiger partial charge in [-0.15, -0.1) is 11.3 Å². The number of aliphatic hydroxyl groups excluding tert-OH is 1. The van der Waals surface area contributed by atoms with Crippen molar-refractivity contribution in [1.82, 2.24) is 25.8 Å². The lowest BCUT2D eigenvalue weighted by Gasteiger charge is -2.41. The number of nitrogens with one attached hydrogen (secondary N) is 3. The Bertz CT molecular complexity index is 1140. The molecule has 2 aromatic rings. The lowest BCUT2D eigenvalue weighted by atomic mass is 9.94. The second-order valence-electron chi connectivity index (χ2n) is 12.2. The minimum absolute atomic E-state index is 0.134. The number of piperidine rings is 1. The summed E-state index contributed by atoms with van der Waals surface area (Å²) in [6.07, 6.45) is 0.781. The average Bonchev–Trinajstić information content (AvgIpc) is 3.44. The monoisotopic (exact) mass is 603 g/mol. The second kappa shape index (κ2) is 15.4. The first-order chi connectivity index (χ1) is 19.8. The summed E-state index contributed by atoms with van der Waals surface area (Å²) in [5.74, 6) is -0.954. The summed E-state index contributed by atoms with van der Waals surface area (Å²) in [5, 5.41) is 29.0. The van der Waals surface area contributed by atoms with Crippen LogP contribution in [0.3, 0.4) is 0 Å². The number of β-amino-alcohol motifs (C(OH)–C–C–N with tert-alkyl or cyclic N) is 1. The summed E-state index contributed by atoms with van der Waals surface area (Å²) < 4.78 is 6.14. The van der Waals surface area contributed by atoms with Gasteiger partial charge in [-0.25, -0.2) is 4.79 Å². The van der Waals surface area contributed by atoms with E-state index in [1.165, 1.54) is 11.3 Å². The fourth-order valence-corrected chi connectivity index (χ4v) is 5.56. The van der Waals surface area contributed by atoms with Crippen LogP contribution in [-0.4, -0.2) is 87.0 Å². The first kappa shape index (κ1) is 33.4. The number of aliphatic hydroxyl groups is 1. The first-order valence-corrected chi connectivity index (χ1v) is 15.3. The molecule has 5 N–H and O–H groups in total. The van der Waals surface area contributed by atoms with Crippen LogP contribution < -0.4 is 16.0 Å². The normalized spacial score (nSPS) is 20.0. The molecule has 1 aliphatic rings. The molecule has 1 aliphatic heterocycles. The minimum atomic E-state index is -1.29. The third kappa shape index (κ3) is 10.6. The molecule has 0 aliphatic carbocycles. The molecule has 5 atom stereocenters. The van der Waals surface area contributed by atoms with Crippen molar-refractivity contribution in [2.45, 2.75) is 96.4 Å². The molecule has 1 fully saturated rings. The molecular weight excluding hydrogens is 558 g/mol. The van der Waals surface area contributed by atoms with Gasteiger partial charge in [-0.05, 0) is 51.5 Å². The van der Waals surface area contributed by atoms with Crippen molar-refractivity contribution >= 4 is 29.2 Å². The van der Waals surface area contributed by atoms with Gasteiger partial charge in [0.1, 0.15) is 6.04 Å². The first-order valence-electron chi connectivity index (χ1n) is 14.4. The van der Waals surface area contributed by atoms with Crippen molar-refractivity contribution in [2.24, 2.45) is 5.92 Å². The maximum atomic E-state index is 13.5. The third-order valence-corrected chi connectivity index (χ3v) is 7.90. The maximum Gasteiger partial charge on any atom is 0.405 e. The van der Waals surface area contributed by atoms with E-state index in [0.29, 0.717) is 32.4 Å². The molecule has 0 spiro atoms. The minimum Gasteiger partial charge on any atom is -0.465 e. The number of carbonyl (C=O) groups is 3. The van der Waals surface area contributed by atoms with Crippen molar-refractivity contribution < 1.29 is 29.3 Å². The van der Waals surface area contributed by atoms with Crippen LogP contribution >= 0.6 is 11.3 Å². The molecule has 0 bridgehead atoms. The number of thiazole rings is 1. The maximum absolute atomic E-state index is 13.5. The average molecular weight is 604 g/mol. The molecule has 0 radical (unpaired) electrons. The van der Waals surface area contributed by atoms with E-state index in [-0.39, 0.29) is 24.5 Å². The quantitative estimate of drug-likeness (QED) is 0.234. The molecule has 1 saturated heterocycles. The highest BCUT2D eigenvalue weighted by Crippen LogP contribution is 2.24. The molecule has 1 aromatic heterocycles. The van der Waals surface area contributed by atoms with E-state index >= 15 is 0 Å². The molecule has 0 saturated carbocycles.